The summed E-state index contributed by atoms with van der Waals surface area (Å²) in [6.45, 7) is 5.70. The Bertz CT molecular complexity index is 1500. The van der Waals surface area contributed by atoms with Gasteiger partial charge >= 0.3 is 0 Å². The molecule has 0 saturated heterocycles. The van der Waals surface area contributed by atoms with Crippen LogP contribution in [-0.4, -0.2) is 14.3 Å². The summed E-state index contributed by atoms with van der Waals surface area (Å²) in [5, 5.41) is 3.08. The molecule has 1 amide bonds. The zero-order valence-corrected chi connectivity index (χ0v) is 21.8. The summed E-state index contributed by atoms with van der Waals surface area (Å²) in [5.74, 6) is -0.413. The van der Waals surface area contributed by atoms with Crippen LogP contribution in [-0.2, 0) is 10.0 Å². The lowest BCUT2D eigenvalue weighted by molar-refractivity contribution is 0.0942. The van der Waals surface area contributed by atoms with E-state index >= 15 is 0 Å². The quantitative estimate of drug-likeness (QED) is 0.290. The fraction of sp³-hybridized carbons (Fsp3) is 0.138. The zero-order chi connectivity index (χ0) is 25.9. The van der Waals surface area contributed by atoms with Crippen molar-refractivity contribution in [2.45, 2.75) is 31.7 Å². The molecule has 0 bridgehead atoms. The molecule has 4 rings (SSSR count). The van der Waals surface area contributed by atoms with Crippen molar-refractivity contribution >= 4 is 33.2 Å². The summed E-state index contributed by atoms with van der Waals surface area (Å²) in [5.41, 5.74) is 5.28. The number of rotatable bonds is 7. The van der Waals surface area contributed by atoms with Gasteiger partial charge < -0.3 is 5.32 Å². The summed E-state index contributed by atoms with van der Waals surface area (Å²) < 4.78 is 29.1. The van der Waals surface area contributed by atoms with Crippen molar-refractivity contribution in [3.63, 3.8) is 0 Å². The molecule has 0 spiro atoms. The van der Waals surface area contributed by atoms with E-state index in [0.717, 1.165) is 27.8 Å². The van der Waals surface area contributed by atoms with Crippen LogP contribution in [0.5, 0.6) is 0 Å². The molecule has 0 radical (unpaired) electrons. The first kappa shape index (κ1) is 25.5. The number of anilines is 1. The molecule has 7 heteroatoms. The minimum atomic E-state index is -4.04. The van der Waals surface area contributed by atoms with Gasteiger partial charge in [0.1, 0.15) is 4.90 Å². The molecule has 36 heavy (non-hydrogen) atoms. The van der Waals surface area contributed by atoms with Gasteiger partial charge in [-0.25, -0.2) is 8.42 Å². The van der Waals surface area contributed by atoms with Gasteiger partial charge in [-0.1, -0.05) is 83.9 Å². The van der Waals surface area contributed by atoms with E-state index in [1.165, 1.54) is 18.2 Å². The van der Waals surface area contributed by atoms with E-state index in [9.17, 15) is 13.2 Å². The predicted molar refractivity (Wildman–Crippen MR) is 145 cm³/mol. The average Bonchev–Trinajstić information content (AvgIpc) is 2.86. The molecular formula is C29H27ClN2O3S. The Hall–Kier alpha value is -3.61. The number of aryl methyl sites for hydroxylation is 3. The molecule has 0 aromatic heterocycles. The molecule has 4 aromatic carbocycles. The topological polar surface area (TPSA) is 75.3 Å². The maximum Gasteiger partial charge on any atom is 0.263 e. The van der Waals surface area contributed by atoms with Crippen LogP contribution in [0.3, 0.4) is 0 Å². The van der Waals surface area contributed by atoms with Crippen LogP contribution in [0.4, 0.5) is 5.69 Å². The predicted octanol–water partition coefficient (Wildman–Crippen LogP) is 6.59. The molecule has 4 aromatic rings. The SMILES string of the molecule is Cc1ccc([C@@H](NC(=O)c2ccc(Cl)c(S(=O)(=O)Nc3cc(C)ccc3C)c2)c2ccccc2)cc1. The van der Waals surface area contributed by atoms with Crippen molar-refractivity contribution in [3.8, 4) is 0 Å². The minimum absolute atomic E-state index is 0.0301. The summed E-state index contributed by atoms with van der Waals surface area (Å²) in [6, 6.07) is 26.9. The van der Waals surface area contributed by atoms with E-state index in [1.807, 2.05) is 87.5 Å². The smallest absolute Gasteiger partial charge is 0.263 e. The van der Waals surface area contributed by atoms with Crippen LogP contribution >= 0.6 is 11.6 Å². The van der Waals surface area contributed by atoms with Gasteiger partial charge in [0.05, 0.1) is 16.8 Å². The number of nitrogens with one attached hydrogen (secondary N) is 2. The van der Waals surface area contributed by atoms with Crippen LogP contribution in [0, 0.1) is 20.8 Å². The summed E-state index contributed by atoms with van der Waals surface area (Å²) >= 11 is 6.28. The lowest BCUT2D eigenvalue weighted by Crippen LogP contribution is -2.29. The zero-order valence-electron chi connectivity index (χ0n) is 20.2. The molecule has 0 aliphatic carbocycles. The number of halogens is 1. The van der Waals surface area contributed by atoms with Crippen molar-refractivity contribution in [1.82, 2.24) is 5.32 Å². The highest BCUT2D eigenvalue weighted by Gasteiger charge is 2.23. The molecule has 1 atom stereocenters. The minimum Gasteiger partial charge on any atom is -0.341 e. The third-order valence-corrected chi connectivity index (χ3v) is 7.79. The number of amides is 1. The Balaban J connectivity index is 1.66. The highest BCUT2D eigenvalue weighted by atomic mass is 35.5. The molecule has 0 unspecified atom stereocenters. The summed E-state index contributed by atoms with van der Waals surface area (Å²) in [7, 11) is -4.04. The van der Waals surface area contributed by atoms with Gasteiger partial charge in [-0.05, 0) is 67.3 Å². The van der Waals surface area contributed by atoms with E-state index in [1.54, 1.807) is 6.07 Å². The van der Waals surface area contributed by atoms with Gasteiger partial charge in [0.25, 0.3) is 15.9 Å². The number of hydrogen-bond donors (Lipinski definition) is 2. The highest BCUT2D eigenvalue weighted by molar-refractivity contribution is 7.92. The number of carbonyl (C=O) groups is 1. The lowest BCUT2D eigenvalue weighted by Gasteiger charge is -2.20. The largest absolute Gasteiger partial charge is 0.341 e. The Morgan fingerprint density at radius 3 is 2.11 bits per heavy atom. The van der Waals surface area contributed by atoms with E-state index in [4.69, 9.17) is 11.6 Å². The summed E-state index contributed by atoms with van der Waals surface area (Å²) in [6.07, 6.45) is 0. The van der Waals surface area contributed by atoms with Crippen molar-refractivity contribution in [2.24, 2.45) is 0 Å². The number of hydrogen-bond acceptors (Lipinski definition) is 3. The summed E-state index contributed by atoms with van der Waals surface area (Å²) in [4.78, 5) is 13.2. The van der Waals surface area contributed by atoms with Crippen LogP contribution < -0.4 is 10.0 Å². The van der Waals surface area contributed by atoms with E-state index in [0.29, 0.717) is 5.69 Å². The van der Waals surface area contributed by atoms with Crippen LogP contribution in [0.15, 0.2) is 95.9 Å². The average molecular weight is 519 g/mol. The van der Waals surface area contributed by atoms with Gasteiger partial charge in [-0.15, -0.1) is 0 Å². The first-order valence-electron chi connectivity index (χ1n) is 11.5. The fourth-order valence-corrected chi connectivity index (χ4v) is 5.52. The molecular weight excluding hydrogens is 492 g/mol. The second kappa shape index (κ2) is 10.6. The van der Waals surface area contributed by atoms with E-state index < -0.39 is 22.0 Å². The molecule has 5 nitrogen and oxygen atoms in total. The van der Waals surface area contributed by atoms with Gasteiger partial charge in [0.15, 0.2) is 0 Å². The second-order valence-electron chi connectivity index (χ2n) is 8.80. The van der Waals surface area contributed by atoms with Gasteiger partial charge in [-0.3, -0.25) is 9.52 Å². The fourth-order valence-electron chi connectivity index (χ4n) is 3.87. The third kappa shape index (κ3) is 5.78. The standard InChI is InChI=1S/C29H27ClN2O3S/c1-19-10-13-23(14-11-19)28(22-7-5-4-6-8-22)31-29(33)24-15-16-25(30)27(18-24)36(34,35)32-26-17-20(2)9-12-21(26)3/h4-18,28,32H,1-3H3,(H,31,33)/t28-/m0/s1. The number of carbonyl (C=O) groups excluding carboxylic acids is 1. The Morgan fingerprint density at radius 1 is 0.778 bits per heavy atom. The van der Waals surface area contributed by atoms with Crippen LogP contribution in [0.1, 0.15) is 44.2 Å². The Morgan fingerprint density at radius 2 is 1.42 bits per heavy atom. The van der Waals surface area contributed by atoms with Gasteiger partial charge in [0, 0.05) is 5.56 Å². The van der Waals surface area contributed by atoms with Gasteiger partial charge in [0.2, 0.25) is 0 Å². The molecule has 0 fully saturated rings. The number of sulfonamides is 1. The maximum absolute atomic E-state index is 13.3. The molecule has 184 valence electrons. The first-order valence-corrected chi connectivity index (χ1v) is 13.3. The van der Waals surface area contributed by atoms with E-state index in [2.05, 4.69) is 10.0 Å². The monoisotopic (exact) mass is 518 g/mol. The molecule has 0 saturated carbocycles. The third-order valence-electron chi connectivity index (χ3n) is 5.94. The van der Waals surface area contributed by atoms with Crippen LogP contribution in [0.25, 0.3) is 0 Å². The van der Waals surface area contributed by atoms with Crippen molar-refractivity contribution in [1.29, 1.82) is 0 Å². The first-order chi connectivity index (χ1) is 17.1. The van der Waals surface area contributed by atoms with E-state index in [-0.39, 0.29) is 15.5 Å². The molecule has 0 aliphatic rings. The second-order valence-corrected chi connectivity index (χ2v) is 10.9. The van der Waals surface area contributed by atoms with Gasteiger partial charge in [-0.2, -0.15) is 0 Å². The van der Waals surface area contributed by atoms with Crippen molar-refractivity contribution in [3.05, 3.63) is 129 Å². The van der Waals surface area contributed by atoms with Crippen molar-refractivity contribution < 1.29 is 13.2 Å². The molecule has 0 aliphatic heterocycles. The normalized spacial score (nSPS) is 12.1. The Kier molecular flexibility index (Phi) is 7.48. The Labute approximate surface area is 217 Å². The lowest BCUT2D eigenvalue weighted by atomic mass is 9.97. The van der Waals surface area contributed by atoms with Crippen molar-refractivity contribution in [2.75, 3.05) is 4.72 Å². The van der Waals surface area contributed by atoms with Crippen LogP contribution in [0.2, 0.25) is 5.02 Å². The highest BCUT2D eigenvalue weighted by Crippen LogP contribution is 2.28. The number of benzene rings is 4. The maximum atomic E-state index is 13.3. The molecule has 2 N–H and O–H groups in total. The molecule has 0 heterocycles.